The average Bonchev–Trinajstić information content (AvgIpc) is 3.32. The van der Waals surface area contributed by atoms with Crippen molar-refractivity contribution in [1.29, 1.82) is 0 Å². The van der Waals surface area contributed by atoms with Gasteiger partial charge in [0.1, 0.15) is 0 Å². The summed E-state index contributed by atoms with van der Waals surface area (Å²) < 4.78 is 2.31. The largest absolute Gasteiger partial charge is 0.346 e. The minimum absolute atomic E-state index is 0.173. The first kappa shape index (κ1) is 23.4. The number of thiazole rings is 1. The third-order valence-electron chi connectivity index (χ3n) is 6.80. The number of anilines is 1. The fourth-order valence-corrected chi connectivity index (χ4v) is 6.52. The van der Waals surface area contributed by atoms with Gasteiger partial charge >= 0.3 is 0 Å². The lowest BCUT2D eigenvalue weighted by atomic mass is 10.1. The number of rotatable bonds is 8. The number of fused-ring (bicyclic) bond motifs is 1. The SMILES string of the molecule is O=CN(c1ncc(/C=C2\SC(=Nc3ccc4c(ccn4CCN4CCCCC4)c3)NC2=O)s1)C1CC1. The number of nitrogens with zero attached hydrogens (tertiary/aromatic N) is 5. The van der Waals surface area contributed by atoms with E-state index in [9.17, 15) is 9.59 Å². The number of likely N-dealkylation sites (tertiary alicyclic amines) is 1. The fourth-order valence-electron chi connectivity index (χ4n) is 4.71. The number of carbonyl (C=O) groups is 2. The molecule has 1 aliphatic carbocycles. The molecule has 1 aromatic carbocycles. The molecule has 2 saturated heterocycles. The standard InChI is InChI=1S/C26H28N6O2S2/c33-17-32(20-5-6-20)26-27-16-21(35-26)15-23-24(34)29-25(36-23)28-19-4-7-22-18(14-19)8-11-31(22)13-12-30-9-2-1-3-10-30/h4,7-8,11,14-17,20H,1-3,5-6,9-10,12-13H2,(H,28,29,34)/b23-15-. The minimum atomic E-state index is -0.173. The van der Waals surface area contributed by atoms with Gasteiger partial charge in [0.05, 0.1) is 15.5 Å². The summed E-state index contributed by atoms with van der Waals surface area (Å²) in [5, 5.41) is 5.25. The summed E-state index contributed by atoms with van der Waals surface area (Å²) in [4.78, 5) is 38.6. The normalized spacial score (nSPS) is 20.9. The third kappa shape index (κ3) is 5.11. The van der Waals surface area contributed by atoms with Crippen molar-refractivity contribution in [2.75, 3.05) is 24.5 Å². The van der Waals surface area contributed by atoms with Crippen molar-refractivity contribution in [3.8, 4) is 0 Å². The van der Waals surface area contributed by atoms with Gasteiger partial charge in [0.15, 0.2) is 10.3 Å². The molecule has 1 saturated carbocycles. The first-order chi connectivity index (χ1) is 17.7. The van der Waals surface area contributed by atoms with Gasteiger partial charge in [-0.25, -0.2) is 9.98 Å². The number of aliphatic imine (C=N–C) groups is 1. The summed E-state index contributed by atoms with van der Waals surface area (Å²) in [5.74, 6) is -0.173. The van der Waals surface area contributed by atoms with Crippen LogP contribution < -0.4 is 10.2 Å². The summed E-state index contributed by atoms with van der Waals surface area (Å²) in [7, 11) is 0. The van der Waals surface area contributed by atoms with Gasteiger partial charge < -0.3 is 14.8 Å². The van der Waals surface area contributed by atoms with Crippen molar-refractivity contribution in [2.24, 2.45) is 4.99 Å². The maximum Gasteiger partial charge on any atom is 0.264 e. The van der Waals surface area contributed by atoms with E-state index in [4.69, 9.17) is 0 Å². The van der Waals surface area contributed by atoms with Crippen LogP contribution in [-0.4, -0.2) is 57.6 Å². The Balaban J connectivity index is 1.13. The maximum atomic E-state index is 12.5. The summed E-state index contributed by atoms with van der Waals surface area (Å²) in [6, 6.07) is 8.58. The number of hydrogen-bond donors (Lipinski definition) is 1. The van der Waals surface area contributed by atoms with Crippen molar-refractivity contribution in [3.05, 3.63) is 46.4 Å². The van der Waals surface area contributed by atoms with Crippen LogP contribution in [-0.2, 0) is 16.1 Å². The highest BCUT2D eigenvalue weighted by molar-refractivity contribution is 8.18. The molecule has 3 fully saturated rings. The van der Waals surface area contributed by atoms with Crippen LogP contribution in [0, 0.1) is 0 Å². The molecule has 4 heterocycles. The highest BCUT2D eigenvalue weighted by atomic mass is 32.2. The lowest BCUT2D eigenvalue weighted by Gasteiger charge is -2.26. The Hall–Kier alpha value is -2.95. The van der Waals surface area contributed by atoms with Gasteiger partial charge in [-0.15, -0.1) is 0 Å². The van der Waals surface area contributed by atoms with E-state index in [2.05, 4.69) is 49.2 Å². The van der Waals surface area contributed by atoms with Crippen LogP contribution in [0.3, 0.4) is 0 Å². The Morgan fingerprint density at radius 2 is 2.03 bits per heavy atom. The number of benzene rings is 1. The summed E-state index contributed by atoms with van der Waals surface area (Å²) in [5.41, 5.74) is 2.02. The van der Waals surface area contributed by atoms with Gasteiger partial charge in [-0.05, 0) is 80.9 Å². The molecule has 10 heteroatoms. The predicted molar refractivity (Wildman–Crippen MR) is 147 cm³/mol. The van der Waals surface area contributed by atoms with Crippen molar-refractivity contribution in [2.45, 2.75) is 44.7 Å². The van der Waals surface area contributed by atoms with Gasteiger partial charge in [0.25, 0.3) is 5.91 Å². The number of hydrogen-bond acceptors (Lipinski definition) is 7. The van der Waals surface area contributed by atoms with Gasteiger partial charge in [0.2, 0.25) is 6.41 Å². The Morgan fingerprint density at radius 1 is 1.17 bits per heavy atom. The van der Waals surface area contributed by atoms with Gasteiger partial charge in [-0.1, -0.05) is 17.8 Å². The van der Waals surface area contributed by atoms with Crippen molar-refractivity contribution in [1.82, 2.24) is 19.8 Å². The number of nitrogens with one attached hydrogen (secondary N) is 1. The second-order valence-corrected chi connectivity index (χ2v) is 11.5. The molecule has 1 N–H and O–H groups in total. The Morgan fingerprint density at radius 3 is 2.83 bits per heavy atom. The molecule has 2 aromatic heterocycles. The number of amides is 2. The molecular weight excluding hydrogens is 492 g/mol. The number of amidine groups is 1. The van der Waals surface area contributed by atoms with E-state index in [0.29, 0.717) is 15.2 Å². The molecule has 2 aliphatic heterocycles. The van der Waals surface area contributed by atoms with E-state index >= 15 is 0 Å². The molecule has 36 heavy (non-hydrogen) atoms. The van der Waals surface area contributed by atoms with Crippen molar-refractivity contribution < 1.29 is 9.59 Å². The zero-order chi connectivity index (χ0) is 24.5. The average molecular weight is 521 g/mol. The van der Waals surface area contributed by atoms with Crippen LogP contribution in [0.15, 0.2) is 46.6 Å². The first-order valence-electron chi connectivity index (χ1n) is 12.5. The van der Waals surface area contributed by atoms with Gasteiger partial charge in [-0.2, -0.15) is 0 Å². The molecule has 0 unspecified atom stereocenters. The Labute approximate surface area is 218 Å². The zero-order valence-electron chi connectivity index (χ0n) is 19.9. The number of aromatic nitrogens is 2. The molecule has 8 nitrogen and oxygen atoms in total. The predicted octanol–water partition coefficient (Wildman–Crippen LogP) is 4.60. The Bertz CT molecular complexity index is 1350. The summed E-state index contributed by atoms with van der Waals surface area (Å²) in [6.07, 6.45) is 12.5. The number of piperidine rings is 1. The second-order valence-electron chi connectivity index (χ2n) is 9.43. The lowest BCUT2D eigenvalue weighted by molar-refractivity contribution is -0.115. The van der Waals surface area contributed by atoms with Crippen molar-refractivity contribution in [3.63, 3.8) is 0 Å². The van der Waals surface area contributed by atoms with E-state index in [1.54, 1.807) is 11.1 Å². The minimum Gasteiger partial charge on any atom is -0.346 e. The molecule has 0 bridgehead atoms. The summed E-state index contributed by atoms with van der Waals surface area (Å²) >= 11 is 2.73. The molecule has 0 atom stereocenters. The zero-order valence-corrected chi connectivity index (χ0v) is 21.6. The van der Waals surface area contributed by atoms with E-state index in [-0.39, 0.29) is 11.9 Å². The van der Waals surface area contributed by atoms with E-state index in [1.807, 2.05) is 12.1 Å². The monoisotopic (exact) mass is 520 g/mol. The van der Waals surface area contributed by atoms with Crippen LogP contribution in [0.1, 0.15) is 37.0 Å². The Kier molecular flexibility index (Phi) is 6.64. The first-order valence-corrected chi connectivity index (χ1v) is 14.1. The molecular formula is C26H28N6O2S2. The molecule has 3 aliphatic rings. The van der Waals surface area contributed by atoms with Crippen LogP contribution in [0.25, 0.3) is 17.0 Å². The molecule has 0 radical (unpaired) electrons. The fraction of sp³-hybridized carbons (Fsp3) is 0.385. The smallest absolute Gasteiger partial charge is 0.264 e. The molecule has 0 spiro atoms. The molecule has 3 aromatic rings. The van der Waals surface area contributed by atoms with Crippen LogP contribution in [0.2, 0.25) is 0 Å². The molecule has 2 amide bonds. The number of carbonyl (C=O) groups excluding carboxylic acids is 2. The van der Waals surface area contributed by atoms with E-state index in [0.717, 1.165) is 48.3 Å². The van der Waals surface area contributed by atoms with Crippen LogP contribution in [0.5, 0.6) is 0 Å². The maximum absolute atomic E-state index is 12.5. The van der Waals surface area contributed by atoms with Crippen LogP contribution in [0.4, 0.5) is 10.8 Å². The highest BCUT2D eigenvalue weighted by Crippen LogP contribution is 2.35. The molecule has 186 valence electrons. The van der Waals surface area contributed by atoms with Gasteiger partial charge in [-0.3, -0.25) is 14.5 Å². The van der Waals surface area contributed by atoms with E-state index in [1.165, 1.54) is 61.0 Å². The second kappa shape index (κ2) is 10.2. The topological polar surface area (TPSA) is 82.8 Å². The molecule has 6 rings (SSSR count). The van der Waals surface area contributed by atoms with E-state index < -0.39 is 0 Å². The van der Waals surface area contributed by atoms with Gasteiger partial charge in [0, 0.05) is 42.4 Å². The highest BCUT2D eigenvalue weighted by Gasteiger charge is 2.31. The summed E-state index contributed by atoms with van der Waals surface area (Å²) in [6.45, 7) is 4.49. The van der Waals surface area contributed by atoms with Crippen LogP contribution >= 0.6 is 23.1 Å². The quantitative estimate of drug-likeness (QED) is 0.347. The number of thioether (sulfide) groups is 1. The van der Waals surface area contributed by atoms with Crippen molar-refractivity contribution >= 4 is 68.4 Å². The third-order valence-corrected chi connectivity index (χ3v) is 8.67. The lowest BCUT2D eigenvalue weighted by Crippen LogP contribution is -2.32.